The number of fused-ring (bicyclic) bond motifs is 1. The average Bonchev–Trinajstić information content (AvgIpc) is 2.99. The number of hydrogen-bond donors (Lipinski definition) is 2. The van der Waals surface area contributed by atoms with E-state index in [2.05, 4.69) is 0 Å². The Labute approximate surface area is 234 Å². The molecule has 5 rings (SSSR count). The Kier molecular flexibility index (Phi) is 8.67. The average molecular weight is 546 g/mol. The summed E-state index contributed by atoms with van der Waals surface area (Å²) in [5.74, 6) is -0.469. The van der Waals surface area contributed by atoms with Crippen molar-refractivity contribution in [2.45, 2.75) is 69.6 Å². The molecule has 8 nitrogen and oxygen atoms in total. The van der Waals surface area contributed by atoms with Crippen molar-refractivity contribution < 1.29 is 34.0 Å². The third kappa shape index (κ3) is 6.13. The lowest BCUT2D eigenvalue weighted by molar-refractivity contribution is -0.161. The number of carboxylic acid groups (broad SMARTS) is 1. The molecule has 1 amide bonds. The zero-order valence-corrected chi connectivity index (χ0v) is 22.6. The lowest BCUT2D eigenvalue weighted by atomic mass is 9.91. The highest BCUT2D eigenvalue weighted by Gasteiger charge is 2.41. The minimum Gasteiger partial charge on any atom is -0.493 e. The van der Waals surface area contributed by atoms with E-state index in [1.165, 1.54) is 4.90 Å². The molecule has 8 heteroatoms. The van der Waals surface area contributed by atoms with Crippen LogP contribution in [0.4, 0.5) is 0 Å². The van der Waals surface area contributed by atoms with E-state index < -0.39 is 24.0 Å². The van der Waals surface area contributed by atoms with Crippen LogP contribution in [0.15, 0.2) is 72.8 Å². The van der Waals surface area contributed by atoms with Gasteiger partial charge in [-0.1, -0.05) is 66.7 Å². The smallest absolute Gasteiger partial charge is 0.326 e. The summed E-state index contributed by atoms with van der Waals surface area (Å²) in [5, 5.41) is 20.2. The van der Waals surface area contributed by atoms with Crippen molar-refractivity contribution in [2.75, 3.05) is 7.11 Å². The number of amides is 1. The predicted molar refractivity (Wildman–Crippen MR) is 148 cm³/mol. The molecule has 0 unspecified atom stereocenters. The number of ether oxygens (including phenoxy) is 3. The van der Waals surface area contributed by atoms with Gasteiger partial charge in [0.25, 0.3) is 5.91 Å². The molecule has 0 radical (unpaired) electrons. The Morgan fingerprint density at radius 1 is 0.950 bits per heavy atom. The first-order chi connectivity index (χ1) is 19.4. The van der Waals surface area contributed by atoms with Crippen molar-refractivity contribution in [1.29, 1.82) is 0 Å². The summed E-state index contributed by atoms with van der Waals surface area (Å²) < 4.78 is 18.1. The number of aliphatic hydroxyl groups is 1. The number of aliphatic carboxylic acids is 1. The maximum atomic E-state index is 14.1. The highest BCUT2D eigenvalue weighted by Crippen LogP contribution is 2.40. The molecule has 210 valence electrons. The summed E-state index contributed by atoms with van der Waals surface area (Å²) in [5.41, 5.74) is 3.19. The van der Waals surface area contributed by atoms with Crippen LogP contribution in [-0.2, 0) is 33.9 Å². The topological polar surface area (TPSA) is 106 Å². The summed E-state index contributed by atoms with van der Waals surface area (Å²) in [6, 6.07) is 21.5. The van der Waals surface area contributed by atoms with Gasteiger partial charge in [0.1, 0.15) is 12.6 Å². The van der Waals surface area contributed by atoms with E-state index in [-0.39, 0.29) is 25.2 Å². The molecule has 2 atom stereocenters. The van der Waals surface area contributed by atoms with E-state index in [1.54, 1.807) is 13.2 Å². The maximum Gasteiger partial charge on any atom is 0.326 e. The van der Waals surface area contributed by atoms with Crippen molar-refractivity contribution in [3.05, 3.63) is 95.1 Å². The van der Waals surface area contributed by atoms with Gasteiger partial charge in [0.2, 0.25) is 0 Å². The molecule has 1 saturated carbocycles. The summed E-state index contributed by atoms with van der Waals surface area (Å²) in [7, 11) is 1.55. The number of hydrogen-bond acceptors (Lipinski definition) is 6. The Bertz CT molecular complexity index is 1310. The molecular formula is C32H35NO7. The fraction of sp³-hybridized carbons (Fsp3) is 0.375. The second-order valence-electron chi connectivity index (χ2n) is 10.4. The van der Waals surface area contributed by atoms with Gasteiger partial charge in [0.15, 0.2) is 17.6 Å². The lowest BCUT2D eigenvalue weighted by Gasteiger charge is -2.38. The van der Waals surface area contributed by atoms with Gasteiger partial charge in [0.05, 0.1) is 19.3 Å². The van der Waals surface area contributed by atoms with Crippen molar-refractivity contribution in [1.82, 2.24) is 4.90 Å². The second kappa shape index (κ2) is 12.5. The molecule has 40 heavy (non-hydrogen) atoms. The number of nitrogens with zero attached hydrogens (tertiary/aromatic N) is 1. The largest absolute Gasteiger partial charge is 0.493 e. The van der Waals surface area contributed by atoms with Gasteiger partial charge >= 0.3 is 5.97 Å². The molecule has 2 N–H and O–H groups in total. The van der Waals surface area contributed by atoms with Crippen molar-refractivity contribution >= 4 is 11.9 Å². The van der Waals surface area contributed by atoms with Crippen LogP contribution in [0.2, 0.25) is 0 Å². The van der Waals surface area contributed by atoms with E-state index >= 15 is 0 Å². The van der Waals surface area contributed by atoms with E-state index in [4.69, 9.17) is 14.2 Å². The van der Waals surface area contributed by atoms with Crippen LogP contribution in [0.3, 0.4) is 0 Å². The monoisotopic (exact) mass is 545 g/mol. The molecule has 1 heterocycles. The van der Waals surface area contributed by atoms with Crippen LogP contribution < -0.4 is 9.47 Å². The van der Waals surface area contributed by atoms with Gasteiger partial charge in [-0.05, 0) is 48.4 Å². The minimum absolute atomic E-state index is 0.0782. The van der Waals surface area contributed by atoms with Gasteiger partial charge in [0, 0.05) is 18.5 Å². The van der Waals surface area contributed by atoms with E-state index in [0.717, 1.165) is 16.7 Å². The zero-order valence-electron chi connectivity index (χ0n) is 22.6. The molecular weight excluding hydrogens is 510 g/mol. The first-order valence-corrected chi connectivity index (χ1v) is 13.7. The van der Waals surface area contributed by atoms with E-state index in [9.17, 15) is 19.8 Å². The third-order valence-corrected chi connectivity index (χ3v) is 7.75. The Morgan fingerprint density at radius 2 is 1.62 bits per heavy atom. The van der Waals surface area contributed by atoms with Crippen LogP contribution in [0, 0.1) is 0 Å². The third-order valence-electron chi connectivity index (χ3n) is 7.75. The number of methoxy groups -OCH3 is 1. The zero-order chi connectivity index (χ0) is 28.1. The molecule has 2 aliphatic rings. The molecule has 0 saturated heterocycles. The van der Waals surface area contributed by atoms with Gasteiger partial charge < -0.3 is 29.3 Å². The van der Waals surface area contributed by atoms with Crippen molar-refractivity contribution in [3.63, 3.8) is 0 Å². The Balaban J connectivity index is 1.44. The van der Waals surface area contributed by atoms with Gasteiger partial charge in [-0.2, -0.15) is 0 Å². The maximum absolute atomic E-state index is 14.1. The highest BCUT2D eigenvalue weighted by molar-refractivity contribution is 5.88. The summed E-state index contributed by atoms with van der Waals surface area (Å²) in [6.45, 7) is 0.404. The lowest BCUT2D eigenvalue weighted by Crippen LogP contribution is -2.51. The Morgan fingerprint density at radius 3 is 2.27 bits per heavy atom. The fourth-order valence-corrected chi connectivity index (χ4v) is 5.55. The van der Waals surface area contributed by atoms with Gasteiger partial charge in [-0.15, -0.1) is 0 Å². The van der Waals surface area contributed by atoms with E-state index in [1.807, 2.05) is 66.7 Å². The normalized spacial score (nSPS) is 21.2. The molecule has 3 aromatic carbocycles. The number of benzene rings is 3. The van der Waals surface area contributed by atoms with Gasteiger partial charge in [-0.3, -0.25) is 4.79 Å². The van der Waals surface area contributed by atoms with E-state index in [0.29, 0.717) is 49.4 Å². The summed E-state index contributed by atoms with van der Waals surface area (Å²) >= 11 is 0. The van der Waals surface area contributed by atoms with Crippen LogP contribution >= 0.6 is 0 Å². The highest BCUT2D eigenvalue weighted by atomic mass is 16.5. The van der Waals surface area contributed by atoms with Crippen molar-refractivity contribution in [2.24, 2.45) is 0 Å². The second-order valence-corrected chi connectivity index (χ2v) is 10.4. The molecule has 3 aromatic rings. The number of carboxylic acids is 1. The first kappa shape index (κ1) is 27.7. The number of carbonyl (C=O) groups is 2. The van der Waals surface area contributed by atoms with Crippen LogP contribution in [0.1, 0.15) is 54.0 Å². The van der Waals surface area contributed by atoms with Gasteiger partial charge in [-0.25, -0.2) is 4.79 Å². The molecule has 1 aliphatic carbocycles. The molecule has 1 aliphatic heterocycles. The number of carbonyl (C=O) groups excluding carboxylic acids is 1. The predicted octanol–water partition coefficient (Wildman–Crippen LogP) is 4.67. The van der Waals surface area contributed by atoms with Crippen molar-refractivity contribution in [3.8, 4) is 11.5 Å². The quantitative estimate of drug-likeness (QED) is 0.402. The minimum atomic E-state index is -1.10. The standard InChI is InChI=1S/C32H35NO7/c1-38-28-17-12-23-19-33(27(32(36)37)18-26(23)30(28)39-20-21-8-4-2-5-9-21)31(35)29(22-10-6-3-7-11-22)40-25-15-13-24(34)14-16-25/h2-12,17,24-25,27,29,34H,13-16,18-20H2,1H3,(H,36,37)/t24-,25+,27-,29-/m1/s1. The van der Waals surface area contributed by atoms with Crippen LogP contribution in [-0.4, -0.2) is 52.3 Å². The molecule has 0 aromatic heterocycles. The first-order valence-electron chi connectivity index (χ1n) is 13.7. The van der Waals surface area contributed by atoms with Crippen LogP contribution in [0.25, 0.3) is 0 Å². The number of rotatable bonds is 9. The molecule has 0 bridgehead atoms. The number of aliphatic hydroxyl groups excluding tert-OH is 1. The summed E-state index contributed by atoms with van der Waals surface area (Å²) in [6.07, 6.45) is 1.10. The molecule has 0 spiro atoms. The molecule has 1 fully saturated rings. The van der Waals surface area contributed by atoms with Crippen LogP contribution in [0.5, 0.6) is 11.5 Å². The SMILES string of the molecule is COc1ccc2c(c1OCc1ccccc1)C[C@H](C(=O)O)N(C(=O)[C@H](O[C@H]1CC[C@@H](O)CC1)c1ccccc1)C2. The summed E-state index contributed by atoms with van der Waals surface area (Å²) in [4.78, 5) is 28.1. The Hall–Kier alpha value is -3.88. The fourth-order valence-electron chi connectivity index (χ4n) is 5.55.